The molecule has 0 aliphatic carbocycles. The van der Waals surface area contributed by atoms with Gasteiger partial charge < -0.3 is 19.4 Å². The Hall–Kier alpha value is -2.15. The van der Waals surface area contributed by atoms with Gasteiger partial charge in [-0.05, 0) is 19.1 Å². The van der Waals surface area contributed by atoms with Crippen molar-refractivity contribution in [2.24, 2.45) is 0 Å². The van der Waals surface area contributed by atoms with Crippen LogP contribution in [-0.2, 0) is 13.0 Å². The molecule has 0 amide bonds. The van der Waals surface area contributed by atoms with E-state index in [1.165, 1.54) is 6.07 Å². The highest BCUT2D eigenvalue weighted by molar-refractivity contribution is 5.52. The van der Waals surface area contributed by atoms with E-state index in [2.05, 4.69) is 19.8 Å². The van der Waals surface area contributed by atoms with Crippen LogP contribution in [0.25, 0.3) is 5.69 Å². The number of aryl methyl sites for hydroxylation is 1. The molecular weight excluding hydrogens is 280 g/mol. The Bertz CT molecular complexity index is 727. The van der Waals surface area contributed by atoms with Crippen molar-refractivity contribution >= 4 is 0 Å². The van der Waals surface area contributed by atoms with Crippen molar-refractivity contribution < 1.29 is 18.3 Å². The number of hydrogen-bond acceptors (Lipinski definition) is 4. The molecule has 1 aromatic heterocycles. The molecule has 3 heterocycles. The molecule has 7 heteroatoms. The zero-order valence-electron chi connectivity index (χ0n) is 11.3. The lowest BCUT2D eigenvalue weighted by atomic mass is 10.1. The summed E-state index contributed by atoms with van der Waals surface area (Å²) in [5, 5.41) is 3.27. The molecule has 0 saturated heterocycles. The molecule has 21 heavy (non-hydrogen) atoms. The molecule has 0 spiro atoms. The SMILES string of the molecule is Cc1nc2c(n1-c1ccc3c(c1)OC(F)(F)O3)CCNC2. The molecule has 4 rings (SSSR count). The second kappa shape index (κ2) is 4.17. The Morgan fingerprint density at radius 1 is 1.29 bits per heavy atom. The summed E-state index contributed by atoms with van der Waals surface area (Å²) in [5.74, 6) is 0.930. The first-order valence-corrected chi connectivity index (χ1v) is 6.71. The van der Waals surface area contributed by atoms with Crippen molar-refractivity contribution in [3.63, 3.8) is 0 Å². The first-order chi connectivity index (χ1) is 10.0. The molecule has 1 N–H and O–H groups in total. The van der Waals surface area contributed by atoms with Crippen molar-refractivity contribution in [1.82, 2.24) is 14.9 Å². The van der Waals surface area contributed by atoms with Crippen molar-refractivity contribution in [3.8, 4) is 17.2 Å². The highest BCUT2D eigenvalue weighted by Gasteiger charge is 2.43. The molecule has 110 valence electrons. The standard InChI is InChI=1S/C14H13F2N3O2/c1-8-18-10-7-17-5-4-11(10)19(8)9-2-3-12-13(6-9)21-14(15,16)20-12/h2-3,6,17H,4-5,7H2,1H3. The topological polar surface area (TPSA) is 48.3 Å². The van der Waals surface area contributed by atoms with E-state index >= 15 is 0 Å². The van der Waals surface area contributed by atoms with Gasteiger partial charge in [0, 0.05) is 31.3 Å². The van der Waals surface area contributed by atoms with Gasteiger partial charge in [0.15, 0.2) is 11.5 Å². The van der Waals surface area contributed by atoms with E-state index < -0.39 is 6.29 Å². The van der Waals surface area contributed by atoms with Crippen LogP contribution in [0, 0.1) is 6.92 Å². The third kappa shape index (κ3) is 1.96. The molecule has 5 nitrogen and oxygen atoms in total. The number of ether oxygens (including phenoxy) is 2. The molecule has 2 aliphatic rings. The predicted octanol–water partition coefficient (Wildman–Crippen LogP) is 2.15. The van der Waals surface area contributed by atoms with Gasteiger partial charge in [-0.15, -0.1) is 8.78 Å². The summed E-state index contributed by atoms with van der Waals surface area (Å²) in [5.41, 5.74) is 2.86. The van der Waals surface area contributed by atoms with Crippen LogP contribution < -0.4 is 14.8 Å². The Kier molecular flexibility index (Phi) is 2.50. The van der Waals surface area contributed by atoms with Gasteiger partial charge in [-0.2, -0.15) is 0 Å². The summed E-state index contributed by atoms with van der Waals surface area (Å²) in [7, 11) is 0. The largest absolute Gasteiger partial charge is 0.586 e. The van der Waals surface area contributed by atoms with E-state index in [0.29, 0.717) is 0 Å². The van der Waals surface area contributed by atoms with Crippen LogP contribution in [0.15, 0.2) is 18.2 Å². The number of rotatable bonds is 1. The van der Waals surface area contributed by atoms with E-state index in [0.717, 1.165) is 42.4 Å². The summed E-state index contributed by atoms with van der Waals surface area (Å²) < 4.78 is 37.1. The minimum absolute atomic E-state index is 0.0493. The number of halogens is 2. The fourth-order valence-corrected chi connectivity index (χ4v) is 2.86. The summed E-state index contributed by atoms with van der Waals surface area (Å²) in [6.07, 6.45) is -2.74. The monoisotopic (exact) mass is 293 g/mol. The quantitative estimate of drug-likeness (QED) is 0.875. The van der Waals surface area contributed by atoms with E-state index in [9.17, 15) is 8.78 Å². The molecule has 0 unspecified atom stereocenters. The highest BCUT2D eigenvalue weighted by atomic mass is 19.3. The zero-order valence-corrected chi connectivity index (χ0v) is 11.3. The van der Waals surface area contributed by atoms with E-state index in [1.54, 1.807) is 12.1 Å². The molecule has 0 atom stereocenters. The van der Waals surface area contributed by atoms with Gasteiger partial charge in [0.2, 0.25) is 0 Å². The van der Waals surface area contributed by atoms with Crippen LogP contribution >= 0.6 is 0 Å². The molecular formula is C14H13F2N3O2. The minimum atomic E-state index is -3.59. The Morgan fingerprint density at radius 2 is 2.10 bits per heavy atom. The van der Waals surface area contributed by atoms with Crippen LogP contribution in [0.5, 0.6) is 11.5 Å². The van der Waals surface area contributed by atoms with Gasteiger partial charge >= 0.3 is 6.29 Å². The number of nitrogens with zero attached hydrogens (tertiary/aromatic N) is 2. The molecule has 0 fully saturated rings. The third-order valence-corrected chi connectivity index (χ3v) is 3.70. The smallest absolute Gasteiger partial charge is 0.395 e. The average molecular weight is 293 g/mol. The number of fused-ring (bicyclic) bond motifs is 2. The van der Waals surface area contributed by atoms with Gasteiger partial charge in [-0.25, -0.2) is 4.98 Å². The molecule has 0 bridgehead atoms. The summed E-state index contributed by atoms with van der Waals surface area (Å²) in [6, 6.07) is 4.80. The molecule has 1 aromatic carbocycles. The number of benzene rings is 1. The third-order valence-electron chi connectivity index (χ3n) is 3.70. The maximum Gasteiger partial charge on any atom is 0.586 e. The highest BCUT2D eigenvalue weighted by Crippen LogP contribution is 2.42. The zero-order chi connectivity index (χ0) is 14.6. The van der Waals surface area contributed by atoms with E-state index in [1.807, 2.05) is 11.5 Å². The van der Waals surface area contributed by atoms with Crippen LogP contribution in [0.3, 0.4) is 0 Å². The van der Waals surface area contributed by atoms with Crippen molar-refractivity contribution in [3.05, 3.63) is 35.4 Å². The number of alkyl halides is 2. The second-order valence-electron chi connectivity index (χ2n) is 5.11. The number of imidazole rings is 1. The van der Waals surface area contributed by atoms with Gasteiger partial charge in [0.1, 0.15) is 5.82 Å². The fourth-order valence-electron chi connectivity index (χ4n) is 2.86. The van der Waals surface area contributed by atoms with Crippen LogP contribution in [-0.4, -0.2) is 22.4 Å². The molecule has 0 saturated carbocycles. The second-order valence-corrected chi connectivity index (χ2v) is 5.11. The average Bonchev–Trinajstić information content (AvgIpc) is 2.91. The number of hydrogen-bond donors (Lipinski definition) is 1. The molecule has 2 aliphatic heterocycles. The Morgan fingerprint density at radius 3 is 2.95 bits per heavy atom. The summed E-state index contributed by atoms with van der Waals surface area (Å²) in [6.45, 7) is 3.50. The van der Waals surface area contributed by atoms with Gasteiger partial charge in [0.05, 0.1) is 11.4 Å². The van der Waals surface area contributed by atoms with Crippen LogP contribution in [0.1, 0.15) is 17.2 Å². The Balaban J connectivity index is 1.81. The lowest BCUT2D eigenvalue weighted by Crippen LogP contribution is -2.26. The first kappa shape index (κ1) is 12.6. The van der Waals surface area contributed by atoms with Crippen LogP contribution in [0.4, 0.5) is 8.78 Å². The first-order valence-electron chi connectivity index (χ1n) is 6.71. The summed E-state index contributed by atoms with van der Waals surface area (Å²) in [4.78, 5) is 4.53. The maximum absolute atomic E-state index is 13.1. The van der Waals surface area contributed by atoms with Gasteiger partial charge in [-0.1, -0.05) is 0 Å². The number of aromatic nitrogens is 2. The normalized spacial score (nSPS) is 18.6. The van der Waals surface area contributed by atoms with Gasteiger partial charge in [-0.3, -0.25) is 0 Å². The lowest BCUT2D eigenvalue weighted by Gasteiger charge is -2.16. The molecule has 2 aromatic rings. The van der Waals surface area contributed by atoms with Gasteiger partial charge in [0.25, 0.3) is 0 Å². The predicted molar refractivity (Wildman–Crippen MR) is 69.9 cm³/mol. The van der Waals surface area contributed by atoms with Crippen LogP contribution in [0.2, 0.25) is 0 Å². The summed E-state index contributed by atoms with van der Waals surface area (Å²) >= 11 is 0. The Labute approximate surface area is 119 Å². The minimum Gasteiger partial charge on any atom is -0.395 e. The van der Waals surface area contributed by atoms with E-state index in [-0.39, 0.29) is 11.5 Å². The van der Waals surface area contributed by atoms with Crippen molar-refractivity contribution in [1.29, 1.82) is 0 Å². The van der Waals surface area contributed by atoms with E-state index in [4.69, 9.17) is 0 Å². The van der Waals surface area contributed by atoms with Crippen molar-refractivity contribution in [2.45, 2.75) is 26.2 Å². The lowest BCUT2D eigenvalue weighted by molar-refractivity contribution is -0.286. The molecule has 0 radical (unpaired) electrons. The number of nitrogens with one attached hydrogen (secondary N) is 1. The fraction of sp³-hybridized carbons (Fsp3) is 0.357. The van der Waals surface area contributed by atoms with Crippen molar-refractivity contribution in [2.75, 3.05) is 6.54 Å². The maximum atomic E-state index is 13.1.